The van der Waals surface area contributed by atoms with E-state index in [0.717, 1.165) is 19.3 Å². The number of urea groups is 1. The van der Waals surface area contributed by atoms with E-state index in [-0.39, 0.29) is 11.8 Å². The van der Waals surface area contributed by atoms with Crippen LogP contribution < -0.4 is 10.6 Å². The van der Waals surface area contributed by atoms with Crippen LogP contribution in [-0.4, -0.2) is 19.1 Å². The SMILES string of the molecule is CCCCCNC(=O)NCCc1ccccc1F. The Hall–Kier alpha value is -1.58. The van der Waals surface area contributed by atoms with E-state index in [2.05, 4.69) is 17.6 Å². The van der Waals surface area contributed by atoms with Crippen molar-refractivity contribution in [2.45, 2.75) is 32.6 Å². The Bertz CT molecular complexity index is 369. The van der Waals surface area contributed by atoms with Crippen LogP contribution >= 0.6 is 0 Å². The summed E-state index contributed by atoms with van der Waals surface area (Å²) in [4.78, 5) is 11.4. The van der Waals surface area contributed by atoms with Gasteiger partial charge in [-0.05, 0) is 24.5 Å². The van der Waals surface area contributed by atoms with Gasteiger partial charge >= 0.3 is 6.03 Å². The molecule has 1 rings (SSSR count). The first-order chi connectivity index (χ1) is 8.74. The molecule has 0 bridgehead atoms. The topological polar surface area (TPSA) is 41.1 Å². The minimum absolute atomic E-state index is 0.178. The molecular formula is C14H21FN2O. The van der Waals surface area contributed by atoms with Crippen LogP contribution in [0.15, 0.2) is 24.3 Å². The molecule has 0 radical (unpaired) electrons. The number of rotatable bonds is 7. The second-order valence-electron chi connectivity index (χ2n) is 4.23. The van der Waals surface area contributed by atoms with Crippen molar-refractivity contribution in [2.75, 3.05) is 13.1 Å². The van der Waals surface area contributed by atoms with Gasteiger partial charge in [-0.3, -0.25) is 0 Å². The van der Waals surface area contributed by atoms with Gasteiger partial charge in [-0.25, -0.2) is 9.18 Å². The van der Waals surface area contributed by atoms with Crippen LogP contribution in [0.1, 0.15) is 31.7 Å². The standard InChI is InChI=1S/C14H21FN2O/c1-2-3-6-10-16-14(18)17-11-9-12-7-4-5-8-13(12)15/h4-5,7-8H,2-3,6,9-11H2,1H3,(H2,16,17,18). The van der Waals surface area contributed by atoms with Gasteiger partial charge in [0.25, 0.3) is 0 Å². The zero-order valence-electron chi connectivity index (χ0n) is 10.8. The molecule has 0 saturated carbocycles. The summed E-state index contributed by atoms with van der Waals surface area (Å²) in [6.45, 7) is 3.26. The number of halogens is 1. The van der Waals surface area contributed by atoms with Gasteiger partial charge in [-0.15, -0.1) is 0 Å². The molecule has 0 aliphatic rings. The van der Waals surface area contributed by atoms with Crippen molar-refractivity contribution in [3.8, 4) is 0 Å². The molecule has 0 aliphatic carbocycles. The van der Waals surface area contributed by atoms with Crippen LogP contribution in [0.4, 0.5) is 9.18 Å². The number of benzene rings is 1. The Kier molecular flexibility index (Phi) is 6.84. The number of amides is 2. The second kappa shape index (κ2) is 8.50. The number of unbranched alkanes of at least 4 members (excludes halogenated alkanes) is 2. The summed E-state index contributed by atoms with van der Waals surface area (Å²) >= 11 is 0. The van der Waals surface area contributed by atoms with Crippen molar-refractivity contribution < 1.29 is 9.18 Å². The van der Waals surface area contributed by atoms with Gasteiger partial charge in [0.15, 0.2) is 0 Å². The van der Waals surface area contributed by atoms with E-state index in [1.165, 1.54) is 6.07 Å². The van der Waals surface area contributed by atoms with Crippen molar-refractivity contribution in [2.24, 2.45) is 0 Å². The molecule has 3 nitrogen and oxygen atoms in total. The van der Waals surface area contributed by atoms with E-state index in [4.69, 9.17) is 0 Å². The third kappa shape index (κ3) is 5.66. The lowest BCUT2D eigenvalue weighted by atomic mass is 10.1. The zero-order valence-corrected chi connectivity index (χ0v) is 10.8. The number of hydrogen-bond acceptors (Lipinski definition) is 1. The summed E-state index contributed by atoms with van der Waals surface area (Å²) in [7, 11) is 0. The van der Waals surface area contributed by atoms with Gasteiger partial charge < -0.3 is 10.6 Å². The fraction of sp³-hybridized carbons (Fsp3) is 0.500. The quantitative estimate of drug-likeness (QED) is 0.720. The van der Waals surface area contributed by atoms with Gasteiger partial charge in [-0.2, -0.15) is 0 Å². The highest BCUT2D eigenvalue weighted by molar-refractivity contribution is 5.73. The molecule has 1 aromatic carbocycles. The third-order valence-electron chi connectivity index (χ3n) is 2.70. The van der Waals surface area contributed by atoms with E-state index >= 15 is 0 Å². The minimum atomic E-state index is -0.220. The number of carbonyl (C=O) groups excluding carboxylic acids is 1. The molecule has 0 spiro atoms. The van der Waals surface area contributed by atoms with Gasteiger partial charge in [0, 0.05) is 13.1 Å². The van der Waals surface area contributed by atoms with Gasteiger partial charge in [0.05, 0.1) is 0 Å². The van der Waals surface area contributed by atoms with Gasteiger partial charge in [-0.1, -0.05) is 38.0 Å². The molecule has 0 atom stereocenters. The van der Waals surface area contributed by atoms with E-state index in [9.17, 15) is 9.18 Å². The molecule has 0 unspecified atom stereocenters. The normalized spacial score (nSPS) is 10.1. The van der Waals surface area contributed by atoms with Crippen molar-refractivity contribution >= 4 is 6.03 Å². The molecular weight excluding hydrogens is 231 g/mol. The van der Waals surface area contributed by atoms with Crippen LogP contribution in [0.2, 0.25) is 0 Å². The lowest BCUT2D eigenvalue weighted by molar-refractivity contribution is 0.241. The molecule has 0 aromatic heterocycles. The van der Waals surface area contributed by atoms with Crippen molar-refractivity contribution in [1.82, 2.24) is 10.6 Å². The zero-order chi connectivity index (χ0) is 13.2. The Labute approximate surface area is 108 Å². The summed E-state index contributed by atoms with van der Waals surface area (Å²) in [6, 6.07) is 6.44. The predicted octanol–water partition coefficient (Wildman–Crippen LogP) is 2.86. The predicted molar refractivity (Wildman–Crippen MR) is 71.0 cm³/mol. The number of hydrogen-bond donors (Lipinski definition) is 2. The average molecular weight is 252 g/mol. The third-order valence-corrected chi connectivity index (χ3v) is 2.70. The lowest BCUT2D eigenvalue weighted by Crippen LogP contribution is -2.37. The summed E-state index contributed by atoms with van der Waals surface area (Å²) in [5.41, 5.74) is 0.629. The summed E-state index contributed by atoms with van der Waals surface area (Å²) in [5.74, 6) is -0.220. The molecule has 18 heavy (non-hydrogen) atoms. The minimum Gasteiger partial charge on any atom is -0.338 e. The van der Waals surface area contributed by atoms with Crippen LogP contribution in [0.25, 0.3) is 0 Å². The highest BCUT2D eigenvalue weighted by Crippen LogP contribution is 2.05. The number of carbonyl (C=O) groups is 1. The summed E-state index contributed by atoms with van der Waals surface area (Å²) in [6.07, 6.45) is 3.76. The molecule has 0 saturated heterocycles. The number of nitrogens with one attached hydrogen (secondary N) is 2. The molecule has 0 fully saturated rings. The van der Waals surface area contributed by atoms with Gasteiger partial charge in [0.1, 0.15) is 5.82 Å². The molecule has 0 heterocycles. The Morgan fingerprint density at radius 2 is 1.89 bits per heavy atom. The van der Waals surface area contributed by atoms with E-state index in [0.29, 0.717) is 25.1 Å². The Morgan fingerprint density at radius 3 is 2.61 bits per heavy atom. The van der Waals surface area contributed by atoms with Crippen LogP contribution in [0, 0.1) is 5.82 Å². The Morgan fingerprint density at radius 1 is 1.17 bits per heavy atom. The monoisotopic (exact) mass is 252 g/mol. The lowest BCUT2D eigenvalue weighted by Gasteiger charge is -2.07. The largest absolute Gasteiger partial charge is 0.338 e. The maximum Gasteiger partial charge on any atom is 0.314 e. The molecule has 2 amide bonds. The summed E-state index contributed by atoms with van der Waals surface area (Å²) < 4.78 is 13.3. The first kappa shape index (κ1) is 14.5. The van der Waals surface area contributed by atoms with Crippen molar-refractivity contribution in [3.05, 3.63) is 35.6 Å². The molecule has 4 heteroatoms. The highest BCUT2D eigenvalue weighted by Gasteiger charge is 2.02. The molecule has 1 aromatic rings. The van der Waals surface area contributed by atoms with Crippen LogP contribution in [0.5, 0.6) is 0 Å². The molecule has 0 aliphatic heterocycles. The van der Waals surface area contributed by atoms with Crippen LogP contribution in [0.3, 0.4) is 0 Å². The van der Waals surface area contributed by atoms with E-state index < -0.39 is 0 Å². The van der Waals surface area contributed by atoms with Crippen molar-refractivity contribution in [3.63, 3.8) is 0 Å². The maximum atomic E-state index is 13.3. The molecule has 100 valence electrons. The summed E-state index contributed by atoms with van der Waals surface area (Å²) in [5, 5.41) is 5.49. The fourth-order valence-electron chi connectivity index (χ4n) is 1.65. The van der Waals surface area contributed by atoms with Crippen LogP contribution in [-0.2, 0) is 6.42 Å². The fourth-order valence-corrected chi connectivity index (χ4v) is 1.65. The first-order valence-corrected chi connectivity index (χ1v) is 6.49. The van der Waals surface area contributed by atoms with E-state index in [1.807, 2.05) is 0 Å². The van der Waals surface area contributed by atoms with Crippen molar-refractivity contribution in [1.29, 1.82) is 0 Å². The first-order valence-electron chi connectivity index (χ1n) is 6.49. The van der Waals surface area contributed by atoms with Gasteiger partial charge in [0.2, 0.25) is 0 Å². The average Bonchev–Trinajstić information content (AvgIpc) is 2.37. The second-order valence-corrected chi connectivity index (χ2v) is 4.23. The van der Waals surface area contributed by atoms with E-state index in [1.54, 1.807) is 18.2 Å². The highest BCUT2D eigenvalue weighted by atomic mass is 19.1. The molecule has 2 N–H and O–H groups in total. The Balaban J connectivity index is 2.14. The maximum absolute atomic E-state index is 13.3. The smallest absolute Gasteiger partial charge is 0.314 e.